The minimum absolute atomic E-state index is 0.303. The highest BCUT2D eigenvalue weighted by atomic mass is 16.5. The van der Waals surface area contributed by atoms with Crippen molar-refractivity contribution < 1.29 is 13.9 Å². The van der Waals surface area contributed by atoms with E-state index in [1.54, 1.807) is 7.11 Å². The summed E-state index contributed by atoms with van der Waals surface area (Å²) in [6.45, 7) is 4.03. The SMILES string of the molecule is C=C1Cc2oc(=O)cc(CNc3cccc(OC)c3)c2C(=O)N1. The number of methoxy groups -OCH3 is 1. The average Bonchev–Trinajstić information content (AvgIpc) is 2.51. The van der Waals surface area contributed by atoms with Gasteiger partial charge in [0.05, 0.1) is 12.7 Å². The number of allylic oxidation sites excluding steroid dienone is 1. The van der Waals surface area contributed by atoms with Gasteiger partial charge in [-0.3, -0.25) is 4.79 Å². The van der Waals surface area contributed by atoms with Crippen molar-refractivity contribution in [3.63, 3.8) is 0 Å². The molecule has 3 rings (SSSR count). The van der Waals surface area contributed by atoms with E-state index < -0.39 is 5.63 Å². The van der Waals surface area contributed by atoms with E-state index in [0.29, 0.717) is 35.5 Å². The molecule has 0 fully saturated rings. The van der Waals surface area contributed by atoms with E-state index >= 15 is 0 Å². The van der Waals surface area contributed by atoms with Crippen LogP contribution in [0.25, 0.3) is 0 Å². The Morgan fingerprint density at radius 1 is 1.35 bits per heavy atom. The number of ether oxygens (including phenoxy) is 1. The minimum Gasteiger partial charge on any atom is -0.497 e. The Morgan fingerprint density at radius 3 is 2.96 bits per heavy atom. The van der Waals surface area contributed by atoms with Gasteiger partial charge in [0.25, 0.3) is 5.91 Å². The molecule has 1 amide bonds. The van der Waals surface area contributed by atoms with E-state index in [0.717, 1.165) is 11.4 Å². The average molecular weight is 312 g/mol. The number of anilines is 1. The van der Waals surface area contributed by atoms with Gasteiger partial charge in [-0.1, -0.05) is 12.6 Å². The fourth-order valence-electron chi connectivity index (χ4n) is 2.52. The fraction of sp³-hybridized carbons (Fsp3) is 0.176. The summed E-state index contributed by atoms with van der Waals surface area (Å²) < 4.78 is 10.3. The Balaban J connectivity index is 1.90. The van der Waals surface area contributed by atoms with Gasteiger partial charge in [-0.2, -0.15) is 0 Å². The summed E-state index contributed by atoms with van der Waals surface area (Å²) in [5, 5.41) is 5.85. The predicted molar refractivity (Wildman–Crippen MR) is 85.6 cm³/mol. The summed E-state index contributed by atoms with van der Waals surface area (Å²) in [6, 6.07) is 8.73. The Morgan fingerprint density at radius 2 is 2.17 bits per heavy atom. The standard InChI is InChI=1S/C17H16N2O4/c1-10-6-14-16(17(21)19-10)11(7-15(20)23-14)9-18-12-4-3-5-13(8-12)22-2/h3-5,7-8,18H,1,6,9H2,2H3,(H,19,21). The molecule has 118 valence electrons. The van der Waals surface area contributed by atoms with E-state index in [4.69, 9.17) is 9.15 Å². The topological polar surface area (TPSA) is 80.6 Å². The van der Waals surface area contributed by atoms with Crippen molar-refractivity contribution in [3.05, 3.63) is 69.9 Å². The fourth-order valence-corrected chi connectivity index (χ4v) is 2.52. The number of hydrogen-bond donors (Lipinski definition) is 2. The molecule has 0 spiro atoms. The summed E-state index contributed by atoms with van der Waals surface area (Å²) in [5.41, 5.74) is 1.85. The molecule has 0 unspecified atom stereocenters. The molecule has 0 saturated heterocycles. The van der Waals surface area contributed by atoms with Crippen molar-refractivity contribution in [1.82, 2.24) is 5.32 Å². The first-order chi connectivity index (χ1) is 11.1. The van der Waals surface area contributed by atoms with Crippen LogP contribution in [0.1, 0.15) is 21.7 Å². The minimum atomic E-state index is -0.478. The number of hydrogen-bond acceptors (Lipinski definition) is 5. The molecule has 1 aromatic carbocycles. The van der Waals surface area contributed by atoms with Gasteiger partial charge in [-0.15, -0.1) is 0 Å². The summed E-state index contributed by atoms with van der Waals surface area (Å²) in [4.78, 5) is 23.9. The first-order valence-electron chi connectivity index (χ1n) is 7.10. The third-order valence-electron chi connectivity index (χ3n) is 3.56. The molecule has 2 N–H and O–H groups in total. The Labute approximate surface area is 132 Å². The lowest BCUT2D eigenvalue weighted by Gasteiger charge is -2.19. The highest BCUT2D eigenvalue weighted by Crippen LogP contribution is 2.22. The van der Waals surface area contributed by atoms with Crippen molar-refractivity contribution >= 4 is 11.6 Å². The summed E-state index contributed by atoms with van der Waals surface area (Å²) in [5.74, 6) is 0.773. The highest BCUT2D eigenvalue weighted by Gasteiger charge is 2.25. The van der Waals surface area contributed by atoms with Crippen LogP contribution in [0.15, 0.2) is 51.8 Å². The molecule has 6 heteroatoms. The van der Waals surface area contributed by atoms with Gasteiger partial charge in [0.15, 0.2) is 0 Å². The van der Waals surface area contributed by atoms with Gasteiger partial charge in [-0.05, 0) is 17.7 Å². The first kappa shape index (κ1) is 14.9. The van der Waals surface area contributed by atoms with Crippen molar-refractivity contribution in [2.24, 2.45) is 0 Å². The predicted octanol–water partition coefficient (Wildman–Crippen LogP) is 2.06. The monoisotopic (exact) mass is 312 g/mol. The van der Waals surface area contributed by atoms with Crippen LogP contribution in [0.3, 0.4) is 0 Å². The van der Waals surface area contributed by atoms with E-state index in [1.807, 2.05) is 24.3 Å². The Hall–Kier alpha value is -3.02. The second-order valence-corrected chi connectivity index (χ2v) is 5.21. The molecule has 0 aliphatic carbocycles. The molecule has 2 heterocycles. The molecule has 0 bridgehead atoms. The van der Waals surface area contributed by atoms with Crippen LogP contribution in [0.2, 0.25) is 0 Å². The van der Waals surface area contributed by atoms with Gasteiger partial charge in [0.2, 0.25) is 0 Å². The van der Waals surface area contributed by atoms with Crippen molar-refractivity contribution in [1.29, 1.82) is 0 Å². The lowest BCUT2D eigenvalue weighted by Crippen LogP contribution is -2.32. The Bertz CT molecular complexity index is 839. The number of rotatable bonds is 4. The second-order valence-electron chi connectivity index (χ2n) is 5.21. The molecular formula is C17H16N2O4. The number of amides is 1. The maximum Gasteiger partial charge on any atom is 0.336 e. The zero-order valence-electron chi connectivity index (χ0n) is 12.6. The molecule has 0 atom stereocenters. The van der Waals surface area contributed by atoms with Crippen LogP contribution in [-0.4, -0.2) is 13.0 Å². The van der Waals surface area contributed by atoms with Crippen LogP contribution >= 0.6 is 0 Å². The molecule has 2 aromatic rings. The highest BCUT2D eigenvalue weighted by molar-refractivity contribution is 5.99. The van der Waals surface area contributed by atoms with E-state index in [-0.39, 0.29) is 5.91 Å². The third-order valence-corrected chi connectivity index (χ3v) is 3.56. The summed E-state index contributed by atoms with van der Waals surface area (Å²) in [6.07, 6.45) is 0.323. The van der Waals surface area contributed by atoms with Gasteiger partial charge < -0.3 is 19.8 Å². The number of carbonyl (C=O) groups is 1. The van der Waals surface area contributed by atoms with Crippen LogP contribution in [0.4, 0.5) is 5.69 Å². The van der Waals surface area contributed by atoms with Crippen LogP contribution in [0, 0.1) is 0 Å². The maximum absolute atomic E-state index is 12.2. The molecule has 1 aliphatic rings. The Kier molecular flexibility index (Phi) is 3.89. The van der Waals surface area contributed by atoms with Gasteiger partial charge in [0.1, 0.15) is 11.5 Å². The number of benzene rings is 1. The molecule has 0 radical (unpaired) electrons. The number of nitrogens with one attached hydrogen (secondary N) is 2. The molecule has 6 nitrogen and oxygen atoms in total. The largest absolute Gasteiger partial charge is 0.497 e. The lowest BCUT2D eigenvalue weighted by atomic mass is 10.0. The number of fused-ring (bicyclic) bond motifs is 1. The zero-order chi connectivity index (χ0) is 16.4. The van der Waals surface area contributed by atoms with Crippen molar-refractivity contribution in [3.8, 4) is 5.75 Å². The van der Waals surface area contributed by atoms with Crippen LogP contribution < -0.4 is 21.0 Å². The van der Waals surface area contributed by atoms with E-state index in [2.05, 4.69) is 17.2 Å². The second kappa shape index (κ2) is 6.00. The molecule has 23 heavy (non-hydrogen) atoms. The van der Waals surface area contributed by atoms with E-state index in [9.17, 15) is 9.59 Å². The normalized spacial score (nSPS) is 13.3. The van der Waals surface area contributed by atoms with Crippen LogP contribution in [0.5, 0.6) is 5.75 Å². The number of carbonyl (C=O) groups excluding carboxylic acids is 1. The van der Waals surface area contributed by atoms with Crippen molar-refractivity contribution in [2.75, 3.05) is 12.4 Å². The molecule has 1 aromatic heterocycles. The first-order valence-corrected chi connectivity index (χ1v) is 7.10. The molecule has 1 aliphatic heterocycles. The van der Waals surface area contributed by atoms with Crippen molar-refractivity contribution in [2.45, 2.75) is 13.0 Å². The quantitative estimate of drug-likeness (QED) is 0.903. The van der Waals surface area contributed by atoms with Gasteiger partial charge >= 0.3 is 5.63 Å². The zero-order valence-corrected chi connectivity index (χ0v) is 12.6. The maximum atomic E-state index is 12.2. The lowest BCUT2D eigenvalue weighted by molar-refractivity contribution is 0.0952. The molecule has 0 saturated carbocycles. The summed E-state index contributed by atoms with van der Waals surface area (Å²) >= 11 is 0. The smallest absolute Gasteiger partial charge is 0.336 e. The van der Waals surface area contributed by atoms with Gasteiger partial charge in [0, 0.05) is 36.5 Å². The van der Waals surface area contributed by atoms with E-state index in [1.165, 1.54) is 6.07 Å². The van der Waals surface area contributed by atoms with Gasteiger partial charge in [-0.25, -0.2) is 4.79 Å². The third kappa shape index (κ3) is 3.11. The summed E-state index contributed by atoms with van der Waals surface area (Å²) in [7, 11) is 1.59. The molecular weight excluding hydrogens is 296 g/mol. The van der Waals surface area contributed by atoms with Crippen LogP contribution in [-0.2, 0) is 13.0 Å².